The summed E-state index contributed by atoms with van der Waals surface area (Å²) in [6.07, 6.45) is 0.726. The van der Waals surface area contributed by atoms with Crippen LogP contribution in [-0.2, 0) is 4.74 Å². The van der Waals surface area contributed by atoms with Crippen LogP contribution >= 0.6 is 0 Å². The first kappa shape index (κ1) is 14.2. The summed E-state index contributed by atoms with van der Waals surface area (Å²) in [5.41, 5.74) is 5.31. The van der Waals surface area contributed by atoms with E-state index in [1.54, 1.807) is 19.1 Å². The van der Waals surface area contributed by atoms with Gasteiger partial charge in [0.05, 0.1) is 16.7 Å². The van der Waals surface area contributed by atoms with Crippen LogP contribution in [0.2, 0.25) is 0 Å². The van der Waals surface area contributed by atoms with Crippen LogP contribution < -0.4 is 10.6 Å². The molecule has 0 aliphatic carbocycles. The van der Waals surface area contributed by atoms with Gasteiger partial charge in [0.1, 0.15) is 5.69 Å². The van der Waals surface area contributed by atoms with E-state index >= 15 is 0 Å². The van der Waals surface area contributed by atoms with Crippen molar-refractivity contribution in [1.29, 1.82) is 0 Å². The van der Waals surface area contributed by atoms with Crippen LogP contribution in [0, 0.1) is 15.9 Å². The zero-order valence-electron chi connectivity index (χ0n) is 10.4. The Labute approximate surface area is 104 Å². The topological polar surface area (TPSA) is 81.6 Å². The monoisotopic (exact) mass is 257 g/mol. The van der Waals surface area contributed by atoms with Crippen LogP contribution in [0.3, 0.4) is 0 Å². The molecule has 0 fully saturated rings. The number of hydrogen-bond acceptors (Lipinski definition) is 5. The van der Waals surface area contributed by atoms with Gasteiger partial charge >= 0.3 is 0 Å². The molecule has 1 aromatic rings. The fourth-order valence-corrected chi connectivity index (χ4v) is 1.58. The SMILES string of the molecule is COCCCN(C)c1cc(N)c([N+](=O)[O-])cc1F. The standard InChI is InChI=1S/C11H16FN3O3/c1-14(4-3-5-18-2)10-7-9(13)11(15(16)17)6-8(10)12/h6-7H,3-5,13H2,1-2H3. The molecule has 0 radical (unpaired) electrons. The minimum atomic E-state index is -0.701. The molecule has 1 rings (SSSR count). The van der Waals surface area contributed by atoms with Crippen LogP contribution in [0.1, 0.15) is 6.42 Å². The van der Waals surface area contributed by atoms with Gasteiger partial charge in [-0.15, -0.1) is 0 Å². The van der Waals surface area contributed by atoms with Crippen LogP contribution in [0.4, 0.5) is 21.5 Å². The molecule has 0 aromatic heterocycles. The lowest BCUT2D eigenvalue weighted by Crippen LogP contribution is -2.21. The molecular weight excluding hydrogens is 241 g/mol. The van der Waals surface area contributed by atoms with Crippen molar-refractivity contribution in [3.63, 3.8) is 0 Å². The molecule has 0 aliphatic rings. The Morgan fingerprint density at radius 3 is 2.78 bits per heavy atom. The number of nitrogens with zero attached hydrogens (tertiary/aromatic N) is 2. The lowest BCUT2D eigenvalue weighted by atomic mass is 10.2. The summed E-state index contributed by atoms with van der Waals surface area (Å²) in [5, 5.41) is 10.6. The van der Waals surface area contributed by atoms with Crippen LogP contribution in [0.25, 0.3) is 0 Å². The summed E-state index contributed by atoms with van der Waals surface area (Å²) >= 11 is 0. The maximum atomic E-state index is 13.7. The molecule has 0 spiro atoms. The number of rotatable bonds is 6. The van der Waals surface area contributed by atoms with E-state index in [2.05, 4.69) is 0 Å². The second-order valence-electron chi connectivity index (χ2n) is 3.89. The number of nitrogen functional groups attached to an aromatic ring is 1. The van der Waals surface area contributed by atoms with Gasteiger partial charge in [-0.05, 0) is 12.5 Å². The van der Waals surface area contributed by atoms with Gasteiger partial charge in [0.25, 0.3) is 5.69 Å². The molecule has 0 saturated heterocycles. The zero-order valence-corrected chi connectivity index (χ0v) is 10.4. The highest BCUT2D eigenvalue weighted by atomic mass is 19.1. The van der Waals surface area contributed by atoms with Crippen molar-refractivity contribution in [2.75, 3.05) is 37.9 Å². The molecule has 2 N–H and O–H groups in total. The minimum absolute atomic E-state index is 0.0463. The molecule has 0 bridgehead atoms. The van der Waals surface area contributed by atoms with Gasteiger partial charge in [0.2, 0.25) is 0 Å². The predicted octanol–water partition coefficient (Wildman–Crippen LogP) is 1.79. The van der Waals surface area contributed by atoms with Crippen molar-refractivity contribution in [3.05, 3.63) is 28.1 Å². The van der Waals surface area contributed by atoms with Crippen LogP contribution in [0.15, 0.2) is 12.1 Å². The molecule has 0 unspecified atom stereocenters. The Morgan fingerprint density at radius 1 is 1.56 bits per heavy atom. The Hall–Kier alpha value is -1.89. The summed E-state index contributed by atoms with van der Waals surface area (Å²) in [6.45, 7) is 1.14. The summed E-state index contributed by atoms with van der Waals surface area (Å²) in [7, 11) is 3.28. The summed E-state index contributed by atoms with van der Waals surface area (Å²) in [5.74, 6) is -0.657. The normalized spacial score (nSPS) is 10.4. The molecule has 0 amide bonds. The highest BCUT2D eigenvalue weighted by molar-refractivity contribution is 5.67. The molecular formula is C11H16FN3O3. The number of hydrogen-bond donors (Lipinski definition) is 1. The number of methoxy groups -OCH3 is 1. The Bertz CT molecular complexity index is 440. The molecule has 7 heteroatoms. The molecule has 0 aliphatic heterocycles. The Morgan fingerprint density at radius 2 is 2.22 bits per heavy atom. The quantitative estimate of drug-likeness (QED) is 0.363. The Balaban J connectivity index is 2.90. The largest absolute Gasteiger partial charge is 0.393 e. The zero-order chi connectivity index (χ0) is 13.7. The first-order valence-corrected chi connectivity index (χ1v) is 5.41. The fraction of sp³-hybridized carbons (Fsp3) is 0.455. The van der Waals surface area contributed by atoms with Crippen molar-refractivity contribution < 1.29 is 14.1 Å². The summed E-state index contributed by atoms with van der Waals surface area (Å²) in [6, 6.07) is 2.12. The van der Waals surface area contributed by atoms with E-state index in [4.69, 9.17) is 10.5 Å². The minimum Gasteiger partial charge on any atom is -0.393 e. The third-order valence-electron chi connectivity index (χ3n) is 2.55. The second-order valence-corrected chi connectivity index (χ2v) is 3.89. The van der Waals surface area contributed by atoms with Gasteiger partial charge in [-0.2, -0.15) is 0 Å². The van der Waals surface area contributed by atoms with E-state index < -0.39 is 16.4 Å². The average molecular weight is 257 g/mol. The van der Waals surface area contributed by atoms with E-state index in [-0.39, 0.29) is 11.4 Å². The number of halogens is 1. The van der Waals surface area contributed by atoms with Gasteiger partial charge in [0, 0.05) is 27.3 Å². The number of nitro groups is 1. The molecule has 0 saturated carbocycles. The van der Waals surface area contributed by atoms with Crippen LogP contribution in [0.5, 0.6) is 0 Å². The van der Waals surface area contributed by atoms with Crippen LogP contribution in [-0.4, -0.2) is 32.2 Å². The van der Waals surface area contributed by atoms with Gasteiger partial charge in [-0.25, -0.2) is 4.39 Å². The van der Waals surface area contributed by atoms with E-state index in [9.17, 15) is 14.5 Å². The van der Waals surface area contributed by atoms with Crippen molar-refractivity contribution in [1.82, 2.24) is 0 Å². The van der Waals surface area contributed by atoms with Gasteiger partial charge in [0.15, 0.2) is 5.82 Å². The molecule has 100 valence electrons. The van der Waals surface area contributed by atoms with Gasteiger partial charge < -0.3 is 15.4 Å². The number of benzene rings is 1. The lowest BCUT2D eigenvalue weighted by molar-refractivity contribution is -0.384. The third kappa shape index (κ3) is 3.30. The lowest BCUT2D eigenvalue weighted by Gasteiger charge is -2.20. The number of nitro benzene ring substituents is 1. The Kier molecular flexibility index (Phi) is 4.85. The van der Waals surface area contributed by atoms with Gasteiger partial charge in [-0.3, -0.25) is 10.1 Å². The highest BCUT2D eigenvalue weighted by Gasteiger charge is 2.18. The maximum absolute atomic E-state index is 13.7. The molecule has 1 aromatic carbocycles. The van der Waals surface area contributed by atoms with E-state index in [0.29, 0.717) is 13.2 Å². The van der Waals surface area contributed by atoms with E-state index in [1.807, 2.05) is 0 Å². The van der Waals surface area contributed by atoms with Gasteiger partial charge in [-0.1, -0.05) is 0 Å². The molecule has 18 heavy (non-hydrogen) atoms. The summed E-state index contributed by atoms with van der Waals surface area (Å²) in [4.78, 5) is 11.5. The number of ether oxygens (including phenoxy) is 1. The van der Waals surface area contributed by atoms with Crippen molar-refractivity contribution in [2.45, 2.75) is 6.42 Å². The van der Waals surface area contributed by atoms with Crippen molar-refractivity contribution >= 4 is 17.1 Å². The van der Waals surface area contributed by atoms with Crippen molar-refractivity contribution in [3.8, 4) is 0 Å². The number of nitrogens with two attached hydrogens (primary N) is 1. The molecule has 6 nitrogen and oxygen atoms in total. The van der Waals surface area contributed by atoms with E-state index in [0.717, 1.165) is 12.5 Å². The third-order valence-corrected chi connectivity index (χ3v) is 2.55. The maximum Gasteiger partial charge on any atom is 0.295 e. The average Bonchev–Trinajstić information content (AvgIpc) is 2.31. The molecule has 0 atom stereocenters. The first-order valence-electron chi connectivity index (χ1n) is 5.41. The fourth-order valence-electron chi connectivity index (χ4n) is 1.58. The van der Waals surface area contributed by atoms with E-state index in [1.165, 1.54) is 6.07 Å². The second kappa shape index (κ2) is 6.15. The molecule has 0 heterocycles. The van der Waals surface area contributed by atoms with Crippen molar-refractivity contribution in [2.24, 2.45) is 0 Å². The summed E-state index contributed by atoms with van der Waals surface area (Å²) < 4.78 is 18.6. The highest BCUT2D eigenvalue weighted by Crippen LogP contribution is 2.29. The first-order chi connectivity index (χ1) is 8.47. The smallest absolute Gasteiger partial charge is 0.295 e. The predicted molar refractivity (Wildman–Crippen MR) is 67.2 cm³/mol. The number of anilines is 2.